The van der Waals surface area contributed by atoms with Gasteiger partial charge < -0.3 is 24.1 Å². The van der Waals surface area contributed by atoms with Gasteiger partial charge in [-0.2, -0.15) is 0 Å². The molecule has 0 amide bonds. The minimum atomic E-state index is 0.365. The zero-order valence-corrected chi connectivity index (χ0v) is 13.9. The zero-order chi connectivity index (χ0) is 16.0. The van der Waals surface area contributed by atoms with Crippen LogP contribution in [0.2, 0.25) is 0 Å². The van der Waals surface area contributed by atoms with Gasteiger partial charge in [0, 0.05) is 45.3 Å². The molecule has 3 rings (SSSR count). The monoisotopic (exact) mass is 321 g/mol. The zero-order valence-electron chi connectivity index (χ0n) is 13.9. The molecular weight excluding hydrogens is 294 g/mol. The summed E-state index contributed by atoms with van der Waals surface area (Å²) in [6.45, 7) is 6.05. The number of guanidine groups is 1. The fourth-order valence-electron chi connectivity index (χ4n) is 3.36. The molecule has 2 fully saturated rings. The Labute approximate surface area is 137 Å². The third-order valence-corrected chi connectivity index (χ3v) is 4.71. The second-order valence-electron chi connectivity index (χ2n) is 6.43. The fraction of sp³-hybridized carbons (Fsp3) is 0.706. The van der Waals surface area contributed by atoms with Gasteiger partial charge in [-0.1, -0.05) is 0 Å². The SMILES string of the molecule is CN=C(NCCCOCc1ccco1)N1CCC2(CCOC2)C1. The standard InChI is InChI=1S/C17H27N3O3/c1-18-16(20-8-5-17(13-20)6-11-22-14-17)19-7-3-9-21-12-15-4-2-10-23-15/h2,4,10H,3,5-9,11-14H2,1H3,(H,18,19). The Morgan fingerprint density at radius 2 is 2.43 bits per heavy atom. The van der Waals surface area contributed by atoms with E-state index in [-0.39, 0.29) is 0 Å². The van der Waals surface area contributed by atoms with Crippen LogP contribution in [0.4, 0.5) is 0 Å². The van der Waals surface area contributed by atoms with Crippen LogP contribution in [0.5, 0.6) is 0 Å². The van der Waals surface area contributed by atoms with Crippen LogP contribution < -0.4 is 5.32 Å². The van der Waals surface area contributed by atoms with Crippen LogP contribution in [0.15, 0.2) is 27.8 Å². The first kappa shape index (κ1) is 16.3. The lowest BCUT2D eigenvalue weighted by molar-refractivity contribution is 0.104. The minimum Gasteiger partial charge on any atom is -0.467 e. The van der Waals surface area contributed by atoms with Gasteiger partial charge in [0.05, 0.1) is 12.9 Å². The number of nitrogens with zero attached hydrogens (tertiary/aromatic N) is 2. The summed E-state index contributed by atoms with van der Waals surface area (Å²) in [4.78, 5) is 6.78. The molecule has 6 nitrogen and oxygen atoms in total. The average molecular weight is 321 g/mol. The largest absolute Gasteiger partial charge is 0.467 e. The molecule has 0 radical (unpaired) electrons. The third-order valence-electron chi connectivity index (χ3n) is 4.71. The smallest absolute Gasteiger partial charge is 0.193 e. The minimum absolute atomic E-state index is 0.365. The number of rotatable bonds is 6. The topological polar surface area (TPSA) is 59.2 Å². The van der Waals surface area contributed by atoms with Gasteiger partial charge in [-0.05, 0) is 31.4 Å². The van der Waals surface area contributed by atoms with Gasteiger partial charge in [0.15, 0.2) is 5.96 Å². The first-order valence-electron chi connectivity index (χ1n) is 8.45. The van der Waals surface area contributed by atoms with Gasteiger partial charge in [0.25, 0.3) is 0 Å². The quantitative estimate of drug-likeness (QED) is 0.492. The molecule has 23 heavy (non-hydrogen) atoms. The molecule has 0 aromatic carbocycles. The van der Waals surface area contributed by atoms with Crippen LogP contribution in [0.1, 0.15) is 25.0 Å². The Hall–Kier alpha value is -1.53. The van der Waals surface area contributed by atoms with E-state index >= 15 is 0 Å². The Balaban J connectivity index is 1.32. The molecule has 2 aliphatic heterocycles. The van der Waals surface area contributed by atoms with Crippen LogP contribution in [-0.4, -0.2) is 57.4 Å². The molecule has 1 atom stereocenters. The van der Waals surface area contributed by atoms with Crippen molar-refractivity contribution in [2.24, 2.45) is 10.4 Å². The maximum Gasteiger partial charge on any atom is 0.193 e. The summed E-state index contributed by atoms with van der Waals surface area (Å²) < 4.78 is 16.4. The van der Waals surface area contributed by atoms with Crippen LogP contribution in [-0.2, 0) is 16.1 Å². The molecule has 1 aromatic rings. The van der Waals surface area contributed by atoms with Crippen molar-refractivity contribution < 1.29 is 13.9 Å². The predicted octanol–water partition coefficient (Wildman–Crippen LogP) is 1.87. The molecule has 2 aliphatic rings. The lowest BCUT2D eigenvalue weighted by atomic mass is 9.87. The summed E-state index contributed by atoms with van der Waals surface area (Å²) in [7, 11) is 1.85. The maximum atomic E-state index is 5.59. The molecule has 0 saturated carbocycles. The van der Waals surface area contributed by atoms with Crippen molar-refractivity contribution >= 4 is 5.96 Å². The van der Waals surface area contributed by atoms with Gasteiger partial charge in [0.2, 0.25) is 0 Å². The van der Waals surface area contributed by atoms with Crippen LogP contribution in [0, 0.1) is 5.41 Å². The van der Waals surface area contributed by atoms with E-state index in [1.165, 1.54) is 12.8 Å². The summed E-state index contributed by atoms with van der Waals surface area (Å²) in [6, 6.07) is 3.80. The average Bonchev–Trinajstić information content (AvgIpc) is 3.31. The van der Waals surface area contributed by atoms with Gasteiger partial charge >= 0.3 is 0 Å². The second-order valence-corrected chi connectivity index (χ2v) is 6.43. The van der Waals surface area contributed by atoms with E-state index in [0.29, 0.717) is 18.6 Å². The van der Waals surface area contributed by atoms with E-state index < -0.39 is 0 Å². The number of nitrogens with one attached hydrogen (secondary N) is 1. The molecular formula is C17H27N3O3. The fourth-order valence-corrected chi connectivity index (χ4v) is 3.36. The Morgan fingerprint density at radius 1 is 1.48 bits per heavy atom. The molecule has 1 aromatic heterocycles. The number of ether oxygens (including phenoxy) is 2. The van der Waals surface area contributed by atoms with Crippen molar-refractivity contribution in [3.8, 4) is 0 Å². The Kier molecular flexibility index (Phi) is 5.56. The van der Waals surface area contributed by atoms with Crippen molar-refractivity contribution in [3.63, 3.8) is 0 Å². The molecule has 128 valence electrons. The number of furan rings is 1. The Bertz CT molecular complexity index is 495. The van der Waals surface area contributed by atoms with E-state index in [9.17, 15) is 0 Å². The molecule has 3 heterocycles. The molecule has 0 aliphatic carbocycles. The summed E-state index contributed by atoms with van der Waals surface area (Å²) in [5.74, 6) is 1.87. The van der Waals surface area contributed by atoms with Gasteiger partial charge in [-0.3, -0.25) is 4.99 Å². The second kappa shape index (κ2) is 7.84. The number of aliphatic imine (C=N–C) groups is 1. The van der Waals surface area contributed by atoms with E-state index in [2.05, 4.69) is 15.2 Å². The van der Waals surface area contributed by atoms with Crippen molar-refractivity contribution in [2.45, 2.75) is 25.9 Å². The first-order valence-corrected chi connectivity index (χ1v) is 8.45. The summed E-state index contributed by atoms with van der Waals surface area (Å²) in [6.07, 6.45) is 5.01. The van der Waals surface area contributed by atoms with E-state index in [1.54, 1.807) is 6.26 Å². The first-order chi connectivity index (χ1) is 11.3. The normalized spacial score (nSPS) is 24.7. The van der Waals surface area contributed by atoms with Crippen molar-refractivity contribution in [1.29, 1.82) is 0 Å². The number of likely N-dealkylation sites (tertiary alicyclic amines) is 1. The maximum absolute atomic E-state index is 5.59. The van der Waals surface area contributed by atoms with Crippen molar-refractivity contribution in [1.82, 2.24) is 10.2 Å². The van der Waals surface area contributed by atoms with Gasteiger partial charge in [-0.25, -0.2) is 0 Å². The highest BCUT2D eigenvalue weighted by Crippen LogP contribution is 2.38. The van der Waals surface area contributed by atoms with E-state index in [4.69, 9.17) is 13.9 Å². The number of hydrogen-bond donors (Lipinski definition) is 1. The molecule has 1 N–H and O–H groups in total. The Morgan fingerprint density at radius 3 is 3.17 bits per heavy atom. The highest BCUT2D eigenvalue weighted by molar-refractivity contribution is 5.80. The van der Waals surface area contributed by atoms with Crippen LogP contribution >= 0.6 is 0 Å². The summed E-state index contributed by atoms with van der Waals surface area (Å²) in [5, 5.41) is 3.44. The highest BCUT2D eigenvalue weighted by Gasteiger charge is 2.42. The lowest BCUT2D eigenvalue weighted by Crippen LogP contribution is -2.42. The summed E-state index contributed by atoms with van der Waals surface area (Å²) in [5.41, 5.74) is 0.365. The van der Waals surface area contributed by atoms with E-state index in [0.717, 1.165) is 51.0 Å². The molecule has 1 spiro atoms. The number of hydrogen-bond acceptors (Lipinski definition) is 4. The van der Waals surface area contributed by atoms with E-state index in [1.807, 2.05) is 19.2 Å². The van der Waals surface area contributed by atoms with Gasteiger partial charge in [-0.15, -0.1) is 0 Å². The third kappa shape index (κ3) is 4.26. The lowest BCUT2D eigenvalue weighted by Gasteiger charge is -2.24. The molecule has 0 bridgehead atoms. The van der Waals surface area contributed by atoms with Gasteiger partial charge in [0.1, 0.15) is 12.4 Å². The van der Waals surface area contributed by atoms with Crippen molar-refractivity contribution in [2.75, 3.05) is 46.5 Å². The highest BCUT2D eigenvalue weighted by atomic mass is 16.5. The predicted molar refractivity (Wildman–Crippen MR) is 88.4 cm³/mol. The summed E-state index contributed by atoms with van der Waals surface area (Å²) >= 11 is 0. The van der Waals surface area contributed by atoms with Crippen molar-refractivity contribution in [3.05, 3.63) is 24.2 Å². The molecule has 2 saturated heterocycles. The molecule has 6 heteroatoms. The molecule has 1 unspecified atom stereocenters. The van der Waals surface area contributed by atoms with Crippen LogP contribution in [0.3, 0.4) is 0 Å². The van der Waals surface area contributed by atoms with Crippen LogP contribution in [0.25, 0.3) is 0 Å².